The maximum atomic E-state index is 3.91. The van der Waals surface area contributed by atoms with Crippen molar-refractivity contribution in [2.24, 2.45) is 11.3 Å². The van der Waals surface area contributed by atoms with Gasteiger partial charge >= 0.3 is 0 Å². The maximum absolute atomic E-state index is 3.91. The van der Waals surface area contributed by atoms with E-state index in [1.54, 1.807) is 0 Å². The first-order chi connectivity index (χ1) is 9.30. The van der Waals surface area contributed by atoms with Crippen LogP contribution in [0.1, 0.15) is 44.5 Å². The predicted molar refractivity (Wildman–Crippen MR) is 96.6 cm³/mol. The Morgan fingerprint density at radius 3 is 2.20 bits per heavy atom. The molecule has 0 radical (unpaired) electrons. The molecular weight excluding hydrogens is 376 g/mol. The number of hydrogen-bond donors (Lipinski definition) is 0. The molecule has 0 fully saturated rings. The Bertz CT molecular complexity index is 596. The molecule has 0 aliphatic carbocycles. The van der Waals surface area contributed by atoms with E-state index in [2.05, 4.69) is 96.0 Å². The van der Waals surface area contributed by atoms with E-state index in [1.165, 1.54) is 20.8 Å². The van der Waals surface area contributed by atoms with Crippen LogP contribution in [0.4, 0.5) is 0 Å². The van der Waals surface area contributed by atoms with Crippen LogP contribution in [-0.2, 0) is 0 Å². The number of benzene rings is 2. The van der Waals surface area contributed by atoms with Crippen molar-refractivity contribution in [3.8, 4) is 0 Å². The Morgan fingerprint density at radius 2 is 1.60 bits per heavy atom. The standard InChI is InChI=1S/C18H22Br2/c1-12(18(2,3)4)11-17(20)15-9-10-16(19)14-8-6-5-7-13(14)15/h5-10,12,17H,11H2,1-4H3. The van der Waals surface area contributed by atoms with Crippen molar-refractivity contribution in [1.29, 1.82) is 0 Å². The molecule has 2 unspecified atom stereocenters. The molecule has 0 aliphatic heterocycles. The molecule has 0 nitrogen and oxygen atoms in total. The second kappa shape index (κ2) is 6.19. The van der Waals surface area contributed by atoms with Crippen LogP contribution in [0.25, 0.3) is 10.8 Å². The van der Waals surface area contributed by atoms with E-state index >= 15 is 0 Å². The van der Waals surface area contributed by atoms with E-state index in [0.29, 0.717) is 16.2 Å². The highest BCUT2D eigenvalue weighted by molar-refractivity contribution is 9.10. The van der Waals surface area contributed by atoms with Crippen molar-refractivity contribution in [3.63, 3.8) is 0 Å². The van der Waals surface area contributed by atoms with Gasteiger partial charge in [-0.2, -0.15) is 0 Å². The normalized spacial score (nSPS) is 15.3. The Morgan fingerprint density at radius 1 is 1.00 bits per heavy atom. The lowest BCUT2D eigenvalue weighted by atomic mass is 9.78. The molecule has 0 bridgehead atoms. The van der Waals surface area contributed by atoms with Crippen LogP contribution in [0.2, 0.25) is 0 Å². The predicted octanol–water partition coefficient (Wildman–Crippen LogP) is 7.11. The van der Waals surface area contributed by atoms with Crippen LogP contribution < -0.4 is 0 Å². The molecule has 2 heteroatoms. The van der Waals surface area contributed by atoms with E-state index < -0.39 is 0 Å². The lowest BCUT2D eigenvalue weighted by molar-refractivity contribution is 0.247. The SMILES string of the molecule is CC(CC(Br)c1ccc(Br)c2ccccc12)C(C)(C)C. The summed E-state index contributed by atoms with van der Waals surface area (Å²) in [5.74, 6) is 0.661. The molecule has 108 valence electrons. The zero-order chi connectivity index (χ0) is 14.9. The number of fused-ring (bicyclic) bond motifs is 1. The molecule has 20 heavy (non-hydrogen) atoms. The summed E-state index contributed by atoms with van der Waals surface area (Å²) < 4.78 is 1.17. The first-order valence-corrected chi connectivity index (χ1v) is 8.83. The molecule has 2 aromatic carbocycles. The summed E-state index contributed by atoms with van der Waals surface area (Å²) in [5, 5.41) is 2.63. The van der Waals surface area contributed by atoms with Gasteiger partial charge in [-0.1, -0.05) is 89.9 Å². The fourth-order valence-corrected chi connectivity index (χ4v) is 3.79. The average Bonchev–Trinajstić information content (AvgIpc) is 2.38. The minimum atomic E-state index is 0.344. The molecule has 0 spiro atoms. The van der Waals surface area contributed by atoms with Gasteiger partial charge in [0, 0.05) is 9.30 Å². The molecule has 2 rings (SSSR count). The van der Waals surface area contributed by atoms with Crippen LogP contribution in [-0.4, -0.2) is 0 Å². The van der Waals surface area contributed by atoms with E-state index in [1.807, 2.05) is 0 Å². The van der Waals surface area contributed by atoms with Gasteiger partial charge in [0.15, 0.2) is 0 Å². The molecule has 0 aromatic heterocycles. The van der Waals surface area contributed by atoms with Gasteiger partial charge in [0.1, 0.15) is 0 Å². The molecular formula is C18H22Br2. The highest BCUT2D eigenvalue weighted by Crippen LogP contribution is 2.40. The summed E-state index contributed by atoms with van der Waals surface area (Å²) in [5.41, 5.74) is 1.73. The van der Waals surface area contributed by atoms with Gasteiger partial charge in [0.05, 0.1) is 0 Å². The number of rotatable bonds is 3. The summed E-state index contributed by atoms with van der Waals surface area (Å²) in [6.07, 6.45) is 1.15. The Hall–Kier alpha value is -0.340. The molecule has 2 aromatic rings. The zero-order valence-electron chi connectivity index (χ0n) is 12.6. The van der Waals surface area contributed by atoms with Gasteiger partial charge < -0.3 is 0 Å². The van der Waals surface area contributed by atoms with E-state index in [4.69, 9.17) is 0 Å². The second-order valence-electron chi connectivity index (χ2n) is 6.65. The van der Waals surface area contributed by atoms with Crippen molar-refractivity contribution in [1.82, 2.24) is 0 Å². The van der Waals surface area contributed by atoms with Gasteiger partial charge in [-0.25, -0.2) is 0 Å². The minimum absolute atomic E-state index is 0.344. The number of halogens is 2. The monoisotopic (exact) mass is 396 g/mol. The highest BCUT2D eigenvalue weighted by Gasteiger charge is 2.24. The van der Waals surface area contributed by atoms with Crippen molar-refractivity contribution < 1.29 is 0 Å². The average molecular weight is 398 g/mol. The Kier molecular flexibility index (Phi) is 4.96. The molecule has 0 N–H and O–H groups in total. The second-order valence-corrected chi connectivity index (χ2v) is 8.61. The molecule has 0 saturated carbocycles. The van der Waals surface area contributed by atoms with Crippen molar-refractivity contribution in [3.05, 3.63) is 46.4 Å². The van der Waals surface area contributed by atoms with Gasteiger partial charge in [-0.05, 0) is 40.2 Å². The topological polar surface area (TPSA) is 0 Å². The summed E-state index contributed by atoms with van der Waals surface area (Å²) in [7, 11) is 0. The fourth-order valence-electron chi connectivity index (χ4n) is 2.35. The first-order valence-electron chi connectivity index (χ1n) is 7.12. The third-order valence-corrected chi connectivity index (χ3v) is 5.84. The van der Waals surface area contributed by atoms with Crippen molar-refractivity contribution in [2.75, 3.05) is 0 Å². The van der Waals surface area contributed by atoms with Crippen molar-refractivity contribution >= 4 is 42.6 Å². The third kappa shape index (κ3) is 3.46. The summed E-state index contributed by atoms with van der Waals surface area (Å²) >= 11 is 7.56. The zero-order valence-corrected chi connectivity index (χ0v) is 15.8. The largest absolute Gasteiger partial charge is 0.0838 e. The van der Waals surface area contributed by atoms with E-state index in [0.717, 1.165) is 6.42 Å². The van der Waals surface area contributed by atoms with Gasteiger partial charge in [-0.15, -0.1) is 0 Å². The van der Waals surface area contributed by atoms with Crippen LogP contribution in [0, 0.1) is 11.3 Å². The van der Waals surface area contributed by atoms with Gasteiger partial charge in [0.25, 0.3) is 0 Å². The maximum Gasteiger partial charge on any atom is 0.0404 e. The van der Waals surface area contributed by atoms with Crippen LogP contribution in [0.15, 0.2) is 40.9 Å². The molecule has 0 heterocycles. The van der Waals surface area contributed by atoms with Gasteiger partial charge in [0.2, 0.25) is 0 Å². The lowest BCUT2D eigenvalue weighted by Gasteiger charge is -2.29. The Balaban J connectivity index is 2.36. The summed E-state index contributed by atoms with van der Waals surface area (Å²) in [4.78, 5) is 0.398. The lowest BCUT2D eigenvalue weighted by Crippen LogP contribution is -2.18. The number of hydrogen-bond acceptors (Lipinski definition) is 0. The molecule has 2 atom stereocenters. The third-order valence-electron chi connectivity index (χ3n) is 4.28. The molecule has 0 saturated heterocycles. The summed E-state index contributed by atoms with van der Waals surface area (Å²) in [6.45, 7) is 9.29. The van der Waals surface area contributed by atoms with Gasteiger partial charge in [-0.3, -0.25) is 0 Å². The fraction of sp³-hybridized carbons (Fsp3) is 0.444. The van der Waals surface area contributed by atoms with Crippen molar-refractivity contribution in [2.45, 2.75) is 38.9 Å². The van der Waals surface area contributed by atoms with Crippen LogP contribution in [0.3, 0.4) is 0 Å². The highest BCUT2D eigenvalue weighted by atomic mass is 79.9. The molecule has 0 aliphatic rings. The van der Waals surface area contributed by atoms with E-state index in [-0.39, 0.29) is 0 Å². The van der Waals surface area contributed by atoms with Crippen LogP contribution in [0.5, 0.6) is 0 Å². The Labute approximate surface area is 139 Å². The first kappa shape index (κ1) is 16.0. The number of alkyl halides is 1. The smallest absolute Gasteiger partial charge is 0.0404 e. The minimum Gasteiger partial charge on any atom is -0.0838 e. The summed E-state index contributed by atoms with van der Waals surface area (Å²) in [6, 6.07) is 13.0. The molecule has 0 amide bonds. The van der Waals surface area contributed by atoms with Crippen LogP contribution >= 0.6 is 31.9 Å². The quantitative estimate of drug-likeness (QED) is 0.484. The van der Waals surface area contributed by atoms with E-state index in [9.17, 15) is 0 Å².